The van der Waals surface area contributed by atoms with Crippen molar-refractivity contribution in [2.45, 2.75) is 89.0 Å². The molecule has 0 radical (unpaired) electrons. The predicted octanol–water partition coefficient (Wildman–Crippen LogP) is 6.15. The van der Waals surface area contributed by atoms with Crippen LogP contribution in [0, 0.1) is 5.92 Å². The third kappa shape index (κ3) is 5.74. The number of rotatable bonds is 10. The quantitative estimate of drug-likeness (QED) is 0.146. The van der Waals surface area contributed by atoms with E-state index >= 15 is 0 Å². The molecule has 3 aromatic rings. The fourth-order valence-corrected chi connectivity index (χ4v) is 9.38. The van der Waals surface area contributed by atoms with Crippen LogP contribution in [0.15, 0.2) is 78.9 Å². The number of esters is 2. The minimum atomic E-state index is -0.880. The smallest absolute Gasteiger partial charge is 0.308 e. The molecule has 0 N–H and O–H groups in total. The van der Waals surface area contributed by atoms with E-state index in [4.69, 9.17) is 14.2 Å². The molecule has 3 aromatic carbocycles. The zero-order valence-corrected chi connectivity index (χ0v) is 28.9. The Labute approximate surface area is 289 Å². The lowest BCUT2D eigenvalue weighted by Gasteiger charge is -2.65. The van der Waals surface area contributed by atoms with Crippen LogP contribution in [0.3, 0.4) is 0 Å². The van der Waals surface area contributed by atoms with Gasteiger partial charge in [-0.05, 0) is 73.4 Å². The lowest BCUT2D eigenvalue weighted by Crippen LogP contribution is -2.79. The van der Waals surface area contributed by atoms with Crippen molar-refractivity contribution in [2.75, 3.05) is 19.6 Å². The van der Waals surface area contributed by atoms with Gasteiger partial charge in [-0.2, -0.15) is 0 Å². The van der Waals surface area contributed by atoms with Crippen molar-refractivity contribution < 1.29 is 28.6 Å². The number of hydrogen-bond donors (Lipinski definition) is 0. The molecule has 8 heteroatoms. The van der Waals surface area contributed by atoms with Crippen molar-refractivity contribution in [1.82, 2.24) is 9.80 Å². The van der Waals surface area contributed by atoms with E-state index in [-0.39, 0.29) is 29.9 Å². The summed E-state index contributed by atoms with van der Waals surface area (Å²) in [5.74, 6) is 0.311. The van der Waals surface area contributed by atoms with E-state index in [1.807, 2.05) is 53.4 Å². The van der Waals surface area contributed by atoms with Gasteiger partial charge in [0.1, 0.15) is 11.7 Å². The van der Waals surface area contributed by atoms with E-state index in [1.54, 1.807) is 6.08 Å². The van der Waals surface area contributed by atoms with Crippen molar-refractivity contribution >= 4 is 23.9 Å². The summed E-state index contributed by atoms with van der Waals surface area (Å²) in [7, 11) is 0. The number of ether oxygens (including phenoxy) is 3. The molecule has 1 amide bonds. The number of benzene rings is 3. The molecule has 5 atom stereocenters. The molecule has 1 spiro atoms. The van der Waals surface area contributed by atoms with Crippen LogP contribution in [-0.4, -0.2) is 71.1 Å². The van der Waals surface area contributed by atoms with Crippen LogP contribution in [0.5, 0.6) is 11.5 Å². The van der Waals surface area contributed by atoms with Gasteiger partial charge in [-0.15, -0.1) is 0 Å². The molecule has 2 heterocycles. The Morgan fingerprint density at radius 3 is 2.41 bits per heavy atom. The highest BCUT2D eigenvalue weighted by Gasteiger charge is 2.75. The summed E-state index contributed by atoms with van der Waals surface area (Å²) in [5, 5.41) is 0. The Morgan fingerprint density at radius 2 is 1.71 bits per heavy atom. The van der Waals surface area contributed by atoms with Crippen LogP contribution in [0.1, 0.15) is 69.2 Å². The van der Waals surface area contributed by atoms with Crippen LogP contribution in [0.25, 0.3) is 6.08 Å². The first kappa shape index (κ1) is 33.1. The van der Waals surface area contributed by atoms with Crippen molar-refractivity contribution in [1.29, 1.82) is 0 Å². The third-order valence-corrected chi connectivity index (χ3v) is 11.1. The molecule has 0 aromatic heterocycles. The number of hydrogen-bond acceptors (Lipinski definition) is 7. The van der Waals surface area contributed by atoms with Gasteiger partial charge in [0, 0.05) is 38.6 Å². The highest BCUT2D eigenvalue weighted by molar-refractivity contribution is 5.92. The van der Waals surface area contributed by atoms with Crippen molar-refractivity contribution in [3.8, 4) is 11.5 Å². The van der Waals surface area contributed by atoms with E-state index in [0.717, 1.165) is 36.2 Å². The number of nitrogens with zero attached hydrogens (tertiary/aromatic N) is 2. The van der Waals surface area contributed by atoms with Crippen LogP contribution in [-0.2, 0) is 37.4 Å². The largest absolute Gasteiger partial charge is 0.483 e. The summed E-state index contributed by atoms with van der Waals surface area (Å²) in [6, 6.07) is 23.8. The monoisotopic (exact) mass is 662 g/mol. The van der Waals surface area contributed by atoms with Gasteiger partial charge in [-0.25, -0.2) is 0 Å². The molecular formula is C41H46N2O6. The van der Waals surface area contributed by atoms with Crippen LogP contribution >= 0.6 is 0 Å². The van der Waals surface area contributed by atoms with Gasteiger partial charge < -0.3 is 19.1 Å². The van der Waals surface area contributed by atoms with Gasteiger partial charge >= 0.3 is 11.9 Å². The second-order valence-corrected chi connectivity index (χ2v) is 14.5. The molecule has 7 rings (SSSR count). The summed E-state index contributed by atoms with van der Waals surface area (Å²) in [6.45, 7) is 9.30. The molecule has 4 aliphatic rings. The molecule has 49 heavy (non-hydrogen) atoms. The predicted molar refractivity (Wildman–Crippen MR) is 187 cm³/mol. The van der Waals surface area contributed by atoms with Crippen molar-refractivity contribution in [3.05, 3.63) is 101 Å². The minimum Gasteiger partial charge on any atom is -0.483 e. The lowest BCUT2D eigenvalue weighted by atomic mass is 9.48. The SMILES string of the molecule is CC(=O)Oc1ccc2c3c1O[C@H]1[C@@H](N(CC(C)C)C(=O)C=Cc4ccccc4)CC[C@@]4(OC(C)=O)[C@@H](C2)N(CCc2ccccc2)CC[C@]314. The number of carbonyl (C=O) groups is 3. The molecule has 0 unspecified atom stereocenters. The number of likely N-dealkylation sites (tertiary alicyclic amines) is 1. The standard InChI is InChI=1S/C41H46N2O6/c1-27(2)26-43(36(46)18-15-30-11-7-5-8-12-30)33-19-21-41(49-29(4)45)35-25-32-16-17-34(47-28(3)44)38-37(32)40(41,39(33)48-38)22-24-42(35)23-20-31-13-9-6-10-14-31/h5-18,27,33,35,39H,19-26H2,1-4H3/t33-,35+,39-,40-,41+/m0/s1. The molecule has 1 saturated heterocycles. The average Bonchev–Trinajstić information content (AvgIpc) is 3.43. The zero-order chi connectivity index (χ0) is 34.3. The summed E-state index contributed by atoms with van der Waals surface area (Å²) in [6.07, 6.45) is 6.47. The van der Waals surface area contributed by atoms with Crippen molar-refractivity contribution in [2.24, 2.45) is 5.92 Å². The first-order valence-electron chi connectivity index (χ1n) is 17.7. The second-order valence-electron chi connectivity index (χ2n) is 14.5. The van der Waals surface area contributed by atoms with Crippen LogP contribution in [0.2, 0.25) is 0 Å². The maximum atomic E-state index is 14.2. The average molecular weight is 663 g/mol. The van der Waals surface area contributed by atoms with E-state index in [0.29, 0.717) is 43.7 Å². The van der Waals surface area contributed by atoms with Gasteiger partial charge in [0.05, 0.1) is 17.5 Å². The van der Waals surface area contributed by atoms with Gasteiger partial charge in [-0.3, -0.25) is 19.3 Å². The molecule has 1 saturated carbocycles. The first-order chi connectivity index (χ1) is 23.6. The lowest BCUT2D eigenvalue weighted by molar-refractivity contribution is -0.224. The number of carbonyl (C=O) groups excluding carboxylic acids is 3. The van der Waals surface area contributed by atoms with Gasteiger partial charge in [0.15, 0.2) is 11.5 Å². The second kappa shape index (κ2) is 13.1. The highest BCUT2D eigenvalue weighted by Crippen LogP contribution is 2.67. The minimum absolute atomic E-state index is 0.0772. The summed E-state index contributed by atoms with van der Waals surface area (Å²) in [4.78, 5) is 44.2. The molecule has 2 aliphatic heterocycles. The molecule has 2 fully saturated rings. The maximum Gasteiger partial charge on any atom is 0.308 e. The number of piperidine rings is 1. The molecule has 8 nitrogen and oxygen atoms in total. The Morgan fingerprint density at radius 1 is 0.980 bits per heavy atom. The van der Waals surface area contributed by atoms with Gasteiger partial charge in [0.25, 0.3) is 0 Å². The summed E-state index contributed by atoms with van der Waals surface area (Å²) < 4.78 is 19.5. The Hall–Kier alpha value is -4.43. The molecular weight excluding hydrogens is 616 g/mol. The van der Waals surface area contributed by atoms with Crippen LogP contribution < -0.4 is 9.47 Å². The van der Waals surface area contributed by atoms with Gasteiger partial charge in [0.2, 0.25) is 5.91 Å². The topological polar surface area (TPSA) is 85.4 Å². The first-order valence-corrected chi connectivity index (χ1v) is 17.7. The highest BCUT2D eigenvalue weighted by atomic mass is 16.6. The Kier molecular flexibility index (Phi) is 8.86. The molecule has 2 aliphatic carbocycles. The fourth-order valence-electron chi connectivity index (χ4n) is 9.38. The fraction of sp³-hybridized carbons (Fsp3) is 0.439. The van der Waals surface area contributed by atoms with Crippen molar-refractivity contribution in [3.63, 3.8) is 0 Å². The van der Waals surface area contributed by atoms with E-state index in [9.17, 15) is 14.4 Å². The Balaban J connectivity index is 1.34. The summed E-state index contributed by atoms with van der Waals surface area (Å²) >= 11 is 0. The van der Waals surface area contributed by atoms with Gasteiger partial charge in [-0.1, -0.05) is 80.6 Å². The maximum absolute atomic E-state index is 14.2. The zero-order valence-electron chi connectivity index (χ0n) is 28.9. The van der Waals surface area contributed by atoms with E-state index in [2.05, 4.69) is 49.1 Å². The molecule has 2 bridgehead atoms. The van der Waals surface area contributed by atoms with E-state index < -0.39 is 23.1 Å². The van der Waals surface area contributed by atoms with E-state index in [1.165, 1.54) is 19.4 Å². The number of amides is 1. The third-order valence-electron chi connectivity index (χ3n) is 11.1. The summed E-state index contributed by atoms with van der Waals surface area (Å²) in [5.41, 5.74) is 2.72. The molecule has 256 valence electrons. The normalized spacial score (nSPS) is 26.6. The van der Waals surface area contributed by atoms with Crippen LogP contribution in [0.4, 0.5) is 0 Å². The Bertz CT molecular complexity index is 1760.